The largest absolute Gasteiger partial charge is 0.368 e. The first-order valence-corrected chi connectivity index (χ1v) is 7.98. The zero-order valence-corrected chi connectivity index (χ0v) is 13.7. The van der Waals surface area contributed by atoms with Crippen molar-refractivity contribution in [1.29, 1.82) is 0 Å². The lowest BCUT2D eigenvalue weighted by Crippen LogP contribution is -2.26. The molecule has 1 unspecified atom stereocenters. The van der Waals surface area contributed by atoms with E-state index in [1.165, 1.54) is 0 Å². The lowest BCUT2D eigenvalue weighted by molar-refractivity contribution is -0.124. The zero-order valence-electron chi connectivity index (χ0n) is 12.2. The number of amides is 1. The van der Waals surface area contributed by atoms with Crippen LogP contribution in [0.15, 0.2) is 36.5 Å². The number of benzene rings is 1. The lowest BCUT2D eigenvalue weighted by atomic mass is 10.2. The van der Waals surface area contributed by atoms with Crippen LogP contribution in [0, 0.1) is 0 Å². The summed E-state index contributed by atoms with van der Waals surface area (Å²) in [6.45, 7) is 0.642. The number of rotatable bonds is 4. The van der Waals surface area contributed by atoms with Crippen LogP contribution in [0.1, 0.15) is 12.8 Å². The van der Waals surface area contributed by atoms with E-state index in [9.17, 15) is 4.79 Å². The third kappa shape index (κ3) is 4.13. The van der Waals surface area contributed by atoms with Crippen LogP contribution in [-0.4, -0.2) is 23.6 Å². The van der Waals surface area contributed by atoms with Crippen molar-refractivity contribution in [3.8, 4) is 0 Å². The van der Waals surface area contributed by atoms with E-state index in [1.54, 1.807) is 30.5 Å². The summed E-state index contributed by atoms with van der Waals surface area (Å²) in [6, 6.07) is 8.79. The van der Waals surface area contributed by atoms with Crippen molar-refractivity contribution in [2.24, 2.45) is 0 Å². The summed E-state index contributed by atoms with van der Waals surface area (Å²) in [5, 5.41) is 6.88. The van der Waals surface area contributed by atoms with Gasteiger partial charge >= 0.3 is 0 Å². The predicted octanol–water partition coefficient (Wildman–Crippen LogP) is 4.25. The van der Waals surface area contributed by atoms with Crippen molar-refractivity contribution in [1.82, 2.24) is 4.98 Å². The van der Waals surface area contributed by atoms with Crippen LogP contribution in [0.25, 0.3) is 0 Å². The van der Waals surface area contributed by atoms with E-state index in [2.05, 4.69) is 15.6 Å². The Bertz CT molecular complexity index is 701. The Morgan fingerprint density at radius 3 is 2.65 bits per heavy atom. The Morgan fingerprint density at radius 1 is 1.17 bits per heavy atom. The summed E-state index contributed by atoms with van der Waals surface area (Å²) >= 11 is 11.9. The molecule has 2 heterocycles. The first-order chi connectivity index (χ1) is 11.1. The van der Waals surface area contributed by atoms with E-state index >= 15 is 0 Å². The number of anilines is 3. The number of carbonyl (C=O) groups is 1. The van der Waals surface area contributed by atoms with Crippen molar-refractivity contribution in [2.75, 3.05) is 17.2 Å². The van der Waals surface area contributed by atoms with E-state index in [0.29, 0.717) is 28.2 Å². The molecule has 0 radical (unpaired) electrons. The van der Waals surface area contributed by atoms with Crippen molar-refractivity contribution >= 4 is 46.3 Å². The number of hydrogen-bond donors (Lipinski definition) is 2. The first kappa shape index (κ1) is 16.1. The maximum Gasteiger partial charge on any atom is 0.253 e. The molecule has 1 aromatic heterocycles. The fourth-order valence-electron chi connectivity index (χ4n) is 2.27. The summed E-state index contributed by atoms with van der Waals surface area (Å²) in [7, 11) is 0. The number of pyridine rings is 1. The molecule has 1 aliphatic heterocycles. The van der Waals surface area contributed by atoms with Gasteiger partial charge in [-0.25, -0.2) is 4.98 Å². The van der Waals surface area contributed by atoms with Crippen molar-refractivity contribution in [2.45, 2.75) is 18.9 Å². The number of nitrogens with zero attached hydrogens (tertiary/aromatic N) is 1. The molecule has 0 spiro atoms. The summed E-state index contributed by atoms with van der Waals surface area (Å²) in [5.74, 6) is 0.507. The summed E-state index contributed by atoms with van der Waals surface area (Å²) in [6.07, 6.45) is 2.91. The van der Waals surface area contributed by atoms with Crippen LogP contribution in [0.3, 0.4) is 0 Å². The van der Waals surface area contributed by atoms with Gasteiger partial charge < -0.3 is 15.4 Å². The maximum atomic E-state index is 12.0. The Hall–Kier alpha value is -1.82. The first-order valence-electron chi connectivity index (χ1n) is 7.22. The quantitative estimate of drug-likeness (QED) is 0.864. The number of aromatic nitrogens is 1. The lowest BCUT2D eigenvalue weighted by Gasteiger charge is -2.11. The molecule has 2 N–H and O–H groups in total. The molecule has 0 bridgehead atoms. The number of nitrogens with one attached hydrogen (secondary N) is 2. The van der Waals surface area contributed by atoms with Crippen LogP contribution in [-0.2, 0) is 9.53 Å². The van der Waals surface area contributed by atoms with E-state index < -0.39 is 0 Å². The standard InChI is InChI=1S/C16H15Cl2N3O2/c17-12-5-3-10(8-13(12)18)20-15-6-4-11(9-19-15)21-16(22)14-2-1-7-23-14/h3-6,8-9,14H,1-2,7H2,(H,19,20)(H,21,22). The smallest absolute Gasteiger partial charge is 0.253 e. The van der Waals surface area contributed by atoms with Gasteiger partial charge in [0, 0.05) is 12.3 Å². The molecule has 120 valence electrons. The monoisotopic (exact) mass is 351 g/mol. The van der Waals surface area contributed by atoms with Crippen molar-refractivity contribution < 1.29 is 9.53 Å². The molecule has 2 aromatic rings. The van der Waals surface area contributed by atoms with Gasteiger partial charge in [0.15, 0.2) is 0 Å². The molecular weight excluding hydrogens is 337 g/mol. The zero-order chi connectivity index (χ0) is 16.2. The highest BCUT2D eigenvalue weighted by molar-refractivity contribution is 6.42. The van der Waals surface area contributed by atoms with Gasteiger partial charge in [0.2, 0.25) is 0 Å². The van der Waals surface area contributed by atoms with Gasteiger partial charge in [-0.15, -0.1) is 0 Å². The topological polar surface area (TPSA) is 63.2 Å². The van der Waals surface area contributed by atoms with Gasteiger partial charge in [0.1, 0.15) is 11.9 Å². The molecule has 1 aromatic carbocycles. The Kier molecular flexibility index (Phi) is 5.00. The van der Waals surface area contributed by atoms with Gasteiger partial charge in [0.05, 0.1) is 21.9 Å². The van der Waals surface area contributed by atoms with Crippen LogP contribution in [0.2, 0.25) is 10.0 Å². The number of halogens is 2. The number of ether oxygens (including phenoxy) is 1. The SMILES string of the molecule is O=C(Nc1ccc(Nc2ccc(Cl)c(Cl)c2)nc1)C1CCCO1. The molecule has 7 heteroatoms. The molecular formula is C16H15Cl2N3O2. The maximum absolute atomic E-state index is 12.0. The van der Waals surface area contributed by atoms with Crippen LogP contribution < -0.4 is 10.6 Å². The average molecular weight is 352 g/mol. The number of hydrogen-bond acceptors (Lipinski definition) is 4. The molecule has 1 atom stereocenters. The molecule has 3 rings (SSSR count). The Labute approximate surface area is 144 Å². The van der Waals surface area contributed by atoms with E-state index in [0.717, 1.165) is 18.5 Å². The second-order valence-electron chi connectivity index (χ2n) is 5.18. The summed E-state index contributed by atoms with van der Waals surface area (Å²) in [5.41, 5.74) is 1.41. The predicted molar refractivity (Wildman–Crippen MR) is 91.6 cm³/mol. The summed E-state index contributed by atoms with van der Waals surface area (Å²) < 4.78 is 5.34. The average Bonchev–Trinajstić information content (AvgIpc) is 3.07. The molecule has 0 saturated carbocycles. The van der Waals surface area contributed by atoms with Gasteiger partial charge in [-0.3, -0.25) is 4.79 Å². The molecule has 1 fully saturated rings. The van der Waals surface area contributed by atoms with Crippen LogP contribution >= 0.6 is 23.2 Å². The fourth-order valence-corrected chi connectivity index (χ4v) is 2.57. The number of carbonyl (C=O) groups excluding carboxylic acids is 1. The second kappa shape index (κ2) is 7.17. The molecule has 1 saturated heterocycles. The van der Waals surface area contributed by atoms with E-state index in [1.807, 2.05) is 6.07 Å². The Morgan fingerprint density at radius 2 is 2.00 bits per heavy atom. The minimum atomic E-state index is -0.357. The van der Waals surface area contributed by atoms with Crippen molar-refractivity contribution in [3.05, 3.63) is 46.6 Å². The van der Waals surface area contributed by atoms with Crippen LogP contribution in [0.5, 0.6) is 0 Å². The van der Waals surface area contributed by atoms with Gasteiger partial charge in [-0.2, -0.15) is 0 Å². The normalized spacial score (nSPS) is 17.0. The minimum Gasteiger partial charge on any atom is -0.368 e. The van der Waals surface area contributed by atoms with Gasteiger partial charge in [-0.1, -0.05) is 23.2 Å². The third-order valence-corrected chi connectivity index (χ3v) is 4.18. The molecule has 0 aliphatic carbocycles. The molecule has 1 aliphatic rings. The molecule has 1 amide bonds. The summed E-state index contributed by atoms with van der Waals surface area (Å²) in [4.78, 5) is 16.2. The highest BCUT2D eigenvalue weighted by atomic mass is 35.5. The highest BCUT2D eigenvalue weighted by Gasteiger charge is 2.23. The van der Waals surface area contributed by atoms with Gasteiger partial charge in [-0.05, 0) is 43.2 Å². The van der Waals surface area contributed by atoms with Crippen molar-refractivity contribution in [3.63, 3.8) is 0 Å². The highest BCUT2D eigenvalue weighted by Crippen LogP contribution is 2.26. The minimum absolute atomic E-state index is 0.130. The Balaban J connectivity index is 1.62. The van der Waals surface area contributed by atoms with Crippen LogP contribution in [0.4, 0.5) is 17.2 Å². The second-order valence-corrected chi connectivity index (χ2v) is 5.99. The molecule has 23 heavy (non-hydrogen) atoms. The van der Waals surface area contributed by atoms with E-state index in [4.69, 9.17) is 27.9 Å². The fraction of sp³-hybridized carbons (Fsp3) is 0.250. The molecule has 5 nitrogen and oxygen atoms in total. The van der Waals surface area contributed by atoms with E-state index in [-0.39, 0.29) is 12.0 Å². The van der Waals surface area contributed by atoms with Gasteiger partial charge in [0.25, 0.3) is 5.91 Å². The third-order valence-electron chi connectivity index (χ3n) is 3.45.